The number of aliphatic hydroxyl groups is 1. The minimum Gasteiger partial charge on any atom is -0.393 e. The number of aryl methyl sites for hydroxylation is 1. The van der Waals surface area contributed by atoms with E-state index in [4.69, 9.17) is 10.00 Å². The van der Waals surface area contributed by atoms with Crippen LogP contribution in [-0.2, 0) is 4.74 Å². The number of nitriles is 1. The molecule has 112 valence electrons. The maximum Gasteiger partial charge on any atom is 0.145 e. The van der Waals surface area contributed by atoms with Gasteiger partial charge in [0.05, 0.1) is 12.7 Å². The zero-order valence-corrected chi connectivity index (χ0v) is 12.3. The summed E-state index contributed by atoms with van der Waals surface area (Å²) in [6.07, 6.45) is 2.54. The molecular formula is C16H21N3O2. The van der Waals surface area contributed by atoms with E-state index in [1.165, 1.54) is 0 Å². The summed E-state index contributed by atoms with van der Waals surface area (Å²) >= 11 is 0. The normalized spacial score (nSPS) is 29.4. The van der Waals surface area contributed by atoms with E-state index in [0.717, 1.165) is 30.8 Å². The number of rotatable bonds is 2. The van der Waals surface area contributed by atoms with E-state index in [9.17, 15) is 5.11 Å². The second-order valence-corrected chi connectivity index (χ2v) is 5.94. The quantitative estimate of drug-likeness (QED) is 0.895. The fourth-order valence-electron chi connectivity index (χ4n) is 3.43. The zero-order chi connectivity index (χ0) is 14.8. The van der Waals surface area contributed by atoms with Crippen LogP contribution in [0.4, 0.5) is 5.82 Å². The minimum atomic E-state index is -0.301. The molecule has 0 unspecified atom stereocenters. The van der Waals surface area contributed by atoms with Crippen molar-refractivity contribution in [1.82, 2.24) is 4.98 Å². The number of anilines is 1. The predicted octanol–water partition coefficient (Wildman–Crippen LogP) is 1.63. The third kappa shape index (κ3) is 2.74. The predicted molar refractivity (Wildman–Crippen MR) is 79.0 cm³/mol. The zero-order valence-electron chi connectivity index (χ0n) is 12.3. The molecule has 0 bridgehead atoms. The highest BCUT2D eigenvalue weighted by atomic mass is 16.5. The Balaban J connectivity index is 1.85. The molecule has 0 aliphatic carbocycles. The van der Waals surface area contributed by atoms with Crippen LogP contribution in [0, 0.1) is 24.2 Å². The first kappa shape index (κ1) is 14.3. The van der Waals surface area contributed by atoms with Gasteiger partial charge in [0.15, 0.2) is 0 Å². The monoisotopic (exact) mass is 287 g/mol. The number of aromatic nitrogens is 1. The Kier molecular flexibility index (Phi) is 4.09. The van der Waals surface area contributed by atoms with Gasteiger partial charge < -0.3 is 14.7 Å². The summed E-state index contributed by atoms with van der Waals surface area (Å²) in [5.41, 5.74) is 1.39. The van der Waals surface area contributed by atoms with E-state index in [1.807, 2.05) is 19.1 Å². The van der Waals surface area contributed by atoms with E-state index in [1.54, 1.807) is 0 Å². The van der Waals surface area contributed by atoms with Crippen molar-refractivity contribution in [2.75, 3.05) is 24.7 Å². The number of hydrogen-bond donors (Lipinski definition) is 1. The second kappa shape index (κ2) is 6.00. The summed E-state index contributed by atoms with van der Waals surface area (Å²) in [5.74, 6) is 0.979. The second-order valence-electron chi connectivity index (χ2n) is 5.94. The molecule has 0 radical (unpaired) electrons. The first-order chi connectivity index (χ1) is 10.2. The number of ether oxygens (including phenoxy) is 1. The fourth-order valence-corrected chi connectivity index (χ4v) is 3.43. The smallest absolute Gasteiger partial charge is 0.145 e. The molecule has 2 aliphatic heterocycles. The Labute approximate surface area is 125 Å². The van der Waals surface area contributed by atoms with Crippen LogP contribution in [0.15, 0.2) is 12.1 Å². The molecular weight excluding hydrogens is 266 g/mol. The minimum absolute atomic E-state index is 0.134. The van der Waals surface area contributed by atoms with Gasteiger partial charge in [0, 0.05) is 25.1 Å². The molecule has 0 aromatic carbocycles. The van der Waals surface area contributed by atoms with Gasteiger partial charge in [-0.15, -0.1) is 0 Å². The van der Waals surface area contributed by atoms with Crippen LogP contribution in [0.3, 0.4) is 0 Å². The standard InChI is InChI=1S/C16H21N3O2/c1-11-4-5-16(18-13(11)9-17)19-7-2-3-14(19)12-10-21-8-6-15(12)20/h4-5,12,14-15,20H,2-3,6-8,10H2,1H3/t12-,14+,15+/m0/s1. The summed E-state index contributed by atoms with van der Waals surface area (Å²) in [4.78, 5) is 6.72. The number of nitrogens with zero attached hydrogens (tertiary/aromatic N) is 3. The fraction of sp³-hybridized carbons (Fsp3) is 0.625. The lowest BCUT2D eigenvalue weighted by Gasteiger charge is -2.37. The molecule has 1 aromatic heterocycles. The van der Waals surface area contributed by atoms with Gasteiger partial charge in [-0.1, -0.05) is 6.07 Å². The SMILES string of the molecule is Cc1ccc(N2CCC[C@@H]2[C@@H]2COCC[C@H]2O)nc1C#N. The van der Waals surface area contributed by atoms with Crippen LogP contribution < -0.4 is 4.90 Å². The molecule has 0 spiro atoms. The van der Waals surface area contributed by atoms with Crippen molar-refractivity contribution in [3.63, 3.8) is 0 Å². The number of hydrogen-bond acceptors (Lipinski definition) is 5. The molecule has 2 fully saturated rings. The summed E-state index contributed by atoms with van der Waals surface area (Å²) in [6, 6.07) is 6.33. The van der Waals surface area contributed by atoms with Crippen molar-refractivity contribution >= 4 is 5.82 Å². The van der Waals surface area contributed by atoms with E-state index in [-0.39, 0.29) is 18.1 Å². The topological polar surface area (TPSA) is 69.4 Å². The summed E-state index contributed by atoms with van der Waals surface area (Å²) < 4.78 is 5.55. The Morgan fingerprint density at radius 1 is 1.43 bits per heavy atom. The van der Waals surface area contributed by atoms with Crippen LogP contribution in [-0.4, -0.2) is 42.0 Å². The van der Waals surface area contributed by atoms with Gasteiger partial charge in [-0.3, -0.25) is 0 Å². The first-order valence-corrected chi connectivity index (χ1v) is 7.61. The van der Waals surface area contributed by atoms with Crippen LogP contribution in [0.1, 0.15) is 30.5 Å². The largest absolute Gasteiger partial charge is 0.393 e. The van der Waals surface area contributed by atoms with Crippen molar-refractivity contribution < 1.29 is 9.84 Å². The van der Waals surface area contributed by atoms with Gasteiger partial charge in [-0.2, -0.15) is 5.26 Å². The molecule has 1 N–H and O–H groups in total. The molecule has 5 nitrogen and oxygen atoms in total. The van der Waals surface area contributed by atoms with Crippen LogP contribution in [0.2, 0.25) is 0 Å². The summed E-state index contributed by atoms with van der Waals surface area (Å²) in [5, 5.41) is 19.4. The van der Waals surface area contributed by atoms with Crippen molar-refractivity contribution in [2.24, 2.45) is 5.92 Å². The van der Waals surface area contributed by atoms with E-state index in [0.29, 0.717) is 25.3 Å². The maximum absolute atomic E-state index is 10.3. The Hall–Kier alpha value is -1.64. The van der Waals surface area contributed by atoms with Crippen LogP contribution >= 0.6 is 0 Å². The highest BCUT2D eigenvalue weighted by Crippen LogP contribution is 2.33. The third-order valence-corrected chi connectivity index (χ3v) is 4.64. The molecule has 3 atom stereocenters. The Morgan fingerprint density at radius 3 is 3.05 bits per heavy atom. The van der Waals surface area contributed by atoms with E-state index < -0.39 is 0 Å². The molecule has 0 saturated carbocycles. The lowest BCUT2D eigenvalue weighted by molar-refractivity contribution is -0.0438. The molecule has 0 amide bonds. The molecule has 3 heterocycles. The lowest BCUT2D eigenvalue weighted by atomic mass is 9.89. The van der Waals surface area contributed by atoms with Gasteiger partial charge in [0.2, 0.25) is 0 Å². The molecule has 21 heavy (non-hydrogen) atoms. The molecule has 3 rings (SSSR count). The lowest BCUT2D eigenvalue weighted by Crippen LogP contribution is -2.46. The first-order valence-electron chi connectivity index (χ1n) is 7.61. The van der Waals surface area contributed by atoms with Gasteiger partial charge in [0.25, 0.3) is 0 Å². The number of pyridine rings is 1. The van der Waals surface area contributed by atoms with Crippen molar-refractivity contribution in [3.8, 4) is 6.07 Å². The highest BCUT2D eigenvalue weighted by molar-refractivity contribution is 5.46. The molecule has 1 aromatic rings. The Morgan fingerprint density at radius 2 is 2.29 bits per heavy atom. The third-order valence-electron chi connectivity index (χ3n) is 4.64. The Bertz CT molecular complexity index is 555. The molecule has 2 saturated heterocycles. The van der Waals surface area contributed by atoms with Gasteiger partial charge in [-0.25, -0.2) is 4.98 Å². The molecule has 5 heteroatoms. The summed E-state index contributed by atoms with van der Waals surface area (Å²) in [6.45, 7) is 4.08. The average molecular weight is 287 g/mol. The van der Waals surface area contributed by atoms with Gasteiger partial charge in [-0.05, 0) is 37.8 Å². The van der Waals surface area contributed by atoms with Crippen molar-refractivity contribution in [3.05, 3.63) is 23.4 Å². The van der Waals surface area contributed by atoms with E-state index in [2.05, 4.69) is 16.0 Å². The number of aliphatic hydroxyl groups excluding tert-OH is 1. The average Bonchev–Trinajstić information content (AvgIpc) is 2.97. The van der Waals surface area contributed by atoms with Crippen LogP contribution in [0.25, 0.3) is 0 Å². The summed E-state index contributed by atoms with van der Waals surface area (Å²) in [7, 11) is 0. The van der Waals surface area contributed by atoms with Crippen molar-refractivity contribution in [2.45, 2.75) is 38.3 Å². The van der Waals surface area contributed by atoms with E-state index >= 15 is 0 Å². The molecule has 2 aliphatic rings. The van der Waals surface area contributed by atoms with Crippen molar-refractivity contribution in [1.29, 1.82) is 5.26 Å². The van der Waals surface area contributed by atoms with Gasteiger partial charge in [0.1, 0.15) is 17.6 Å². The highest BCUT2D eigenvalue weighted by Gasteiger charge is 2.38. The maximum atomic E-state index is 10.3. The van der Waals surface area contributed by atoms with Gasteiger partial charge >= 0.3 is 0 Å². The van der Waals surface area contributed by atoms with Crippen LogP contribution in [0.5, 0.6) is 0 Å².